The molecule has 0 saturated carbocycles. The Morgan fingerprint density at radius 2 is 2.18 bits per heavy atom. The minimum absolute atomic E-state index is 0.379. The van der Waals surface area contributed by atoms with Crippen LogP contribution >= 0.6 is 0 Å². The first kappa shape index (κ1) is 11.7. The normalized spacial score (nSPS) is 11.1. The van der Waals surface area contributed by atoms with Crippen molar-refractivity contribution in [3.05, 3.63) is 29.4 Å². The van der Waals surface area contributed by atoms with Gasteiger partial charge >= 0.3 is 0 Å². The van der Waals surface area contributed by atoms with Gasteiger partial charge in [0, 0.05) is 24.3 Å². The summed E-state index contributed by atoms with van der Waals surface area (Å²) in [5, 5.41) is 11.5. The second kappa shape index (κ2) is 4.61. The SMILES string of the molecule is Cc1noc(C)c1CNc1cnn(C(C)C)c1. The molecule has 0 aromatic carbocycles. The van der Waals surface area contributed by atoms with Gasteiger partial charge in [0.15, 0.2) is 0 Å². The predicted molar refractivity (Wildman–Crippen MR) is 65.9 cm³/mol. The Labute approximate surface area is 101 Å². The molecule has 0 amide bonds. The summed E-state index contributed by atoms with van der Waals surface area (Å²) in [5.74, 6) is 0.867. The predicted octanol–water partition coefficient (Wildman–Crippen LogP) is 2.68. The van der Waals surface area contributed by atoms with Gasteiger partial charge in [-0.3, -0.25) is 4.68 Å². The zero-order valence-electron chi connectivity index (χ0n) is 10.7. The number of hydrogen-bond donors (Lipinski definition) is 1. The smallest absolute Gasteiger partial charge is 0.138 e. The maximum Gasteiger partial charge on any atom is 0.138 e. The summed E-state index contributed by atoms with van der Waals surface area (Å²) in [6.45, 7) is 8.79. The number of nitrogens with zero attached hydrogens (tertiary/aromatic N) is 3. The van der Waals surface area contributed by atoms with Crippen molar-refractivity contribution in [1.82, 2.24) is 14.9 Å². The van der Waals surface area contributed by atoms with Crippen molar-refractivity contribution in [3.63, 3.8) is 0 Å². The van der Waals surface area contributed by atoms with Crippen LogP contribution < -0.4 is 5.32 Å². The van der Waals surface area contributed by atoms with E-state index in [1.54, 1.807) is 0 Å². The lowest BCUT2D eigenvalue weighted by Gasteiger charge is -2.04. The van der Waals surface area contributed by atoms with Crippen LogP contribution in [0.3, 0.4) is 0 Å². The quantitative estimate of drug-likeness (QED) is 0.883. The minimum Gasteiger partial charge on any atom is -0.378 e. The van der Waals surface area contributed by atoms with E-state index in [0.29, 0.717) is 12.6 Å². The maximum atomic E-state index is 5.12. The minimum atomic E-state index is 0.379. The van der Waals surface area contributed by atoms with E-state index in [1.165, 1.54) is 0 Å². The van der Waals surface area contributed by atoms with Crippen molar-refractivity contribution in [1.29, 1.82) is 0 Å². The number of rotatable bonds is 4. The third kappa shape index (κ3) is 2.49. The second-order valence-corrected chi connectivity index (χ2v) is 4.46. The Kier molecular flexibility index (Phi) is 3.17. The lowest BCUT2D eigenvalue weighted by Crippen LogP contribution is -2.02. The molecule has 0 radical (unpaired) electrons. The average Bonchev–Trinajstić information content (AvgIpc) is 2.85. The molecule has 2 aromatic rings. The van der Waals surface area contributed by atoms with E-state index in [-0.39, 0.29) is 0 Å². The second-order valence-electron chi connectivity index (χ2n) is 4.46. The van der Waals surface area contributed by atoms with Gasteiger partial charge in [-0.15, -0.1) is 0 Å². The summed E-state index contributed by atoms with van der Waals surface area (Å²) in [6.07, 6.45) is 3.83. The molecule has 92 valence electrons. The Hall–Kier alpha value is -1.78. The van der Waals surface area contributed by atoms with E-state index < -0.39 is 0 Å². The molecular weight excluding hydrogens is 216 g/mol. The molecule has 0 unspecified atom stereocenters. The number of anilines is 1. The van der Waals surface area contributed by atoms with Crippen LogP contribution in [0.2, 0.25) is 0 Å². The first-order chi connectivity index (χ1) is 8.08. The van der Waals surface area contributed by atoms with E-state index in [2.05, 4.69) is 29.4 Å². The third-order valence-corrected chi connectivity index (χ3v) is 2.78. The fourth-order valence-corrected chi connectivity index (χ4v) is 1.66. The van der Waals surface area contributed by atoms with Crippen molar-refractivity contribution in [3.8, 4) is 0 Å². The van der Waals surface area contributed by atoms with Crippen LogP contribution in [-0.4, -0.2) is 14.9 Å². The van der Waals surface area contributed by atoms with E-state index in [1.807, 2.05) is 30.9 Å². The van der Waals surface area contributed by atoms with Gasteiger partial charge in [0.1, 0.15) is 5.76 Å². The fraction of sp³-hybridized carbons (Fsp3) is 0.500. The van der Waals surface area contributed by atoms with Crippen molar-refractivity contribution in [2.45, 2.75) is 40.3 Å². The zero-order valence-corrected chi connectivity index (χ0v) is 10.7. The highest BCUT2D eigenvalue weighted by atomic mass is 16.5. The molecule has 0 spiro atoms. The molecule has 0 aliphatic heterocycles. The van der Waals surface area contributed by atoms with Gasteiger partial charge in [0.05, 0.1) is 17.6 Å². The van der Waals surface area contributed by atoms with Gasteiger partial charge in [0.25, 0.3) is 0 Å². The molecule has 0 saturated heterocycles. The number of nitrogens with one attached hydrogen (secondary N) is 1. The van der Waals surface area contributed by atoms with Crippen molar-refractivity contribution >= 4 is 5.69 Å². The molecule has 2 aromatic heterocycles. The largest absolute Gasteiger partial charge is 0.378 e. The molecule has 0 atom stereocenters. The van der Waals surface area contributed by atoms with Crippen LogP contribution in [0.1, 0.15) is 36.9 Å². The molecule has 2 rings (SSSR count). The summed E-state index contributed by atoms with van der Waals surface area (Å²) in [7, 11) is 0. The van der Waals surface area contributed by atoms with Gasteiger partial charge in [0.2, 0.25) is 0 Å². The van der Waals surface area contributed by atoms with E-state index in [9.17, 15) is 0 Å². The van der Waals surface area contributed by atoms with Crippen LogP contribution in [0.5, 0.6) is 0 Å². The topological polar surface area (TPSA) is 55.9 Å². The third-order valence-electron chi connectivity index (χ3n) is 2.78. The summed E-state index contributed by atoms with van der Waals surface area (Å²) in [6, 6.07) is 0.379. The lowest BCUT2D eigenvalue weighted by molar-refractivity contribution is 0.392. The Balaban J connectivity index is 2.02. The Morgan fingerprint density at radius 3 is 2.71 bits per heavy atom. The number of aryl methyl sites for hydroxylation is 2. The molecule has 0 aliphatic carbocycles. The lowest BCUT2D eigenvalue weighted by atomic mass is 10.2. The molecule has 0 aliphatic rings. The number of hydrogen-bond acceptors (Lipinski definition) is 4. The summed E-state index contributed by atoms with van der Waals surface area (Å²) >= 11 is 0. The first-order valence-electron chi connectivity index (χ1n) is 5.77. The zero-order chi connectivity index (χ0) is 12.4. The molecule has 2 heterocycles. The van der Waals surface area contributed by atoms with Crippen molar-refractivity contribution in [2.24, 2.45) is 0 Å². The summed E-state index contributed by atoms with van der Waals surface area (Å²) in [5.41, 5.74) is 3.06. The Morgan fingerprint density at radius 1 is 1.41 bits per heavy atom. The molecule has 1 N–H and O–H groups in total. The van der Waals surface area contributed by atoms with Crippen LogP contribution in [0.4, 0.5) is 5.69 Å². The molecule has 5 nitrogen and oxygen atoms in total. The highest BCUT2D eigenvalue weighted by Crippen LogP contribution is 2.15. The average molecular weight is 234 g/mol. The molecule has 17 heavy (non-hydrogen) atoms. The summed E-state index contributed by atoms with van der Waals surface area (Å²) < 4.78 is 7.04. The van der Waals surface area contributed by atoms with Gasteiger partial charge in [-0.1, -0.05) is 5.16 Å². The molecule has 5 heteroatoms. The van der Waals surface area contributed by atoms with Crippen LogP contribution in [0.25, 0.3) is 0 Å². The van der Waals surface area contributed by atoms with Gasteiger partial charge in [-0.05, 0) is 27.7 Å². The van der Waals surface area contributed by atoms with Gasteiger partial charge in [-0.2, -0.15) is 5.10 Å². The van der Waals surface area contributed by atoms with E-state index in [0.717, 1.165) is 22.7 Å². The standard InChI is InChI=1S/C12H18N4O/c1-8(2)16-7-11(5-14-16)13-6-12-9(3)15-17-10(12)4/h5,7-8,13H,6H2,1-4H3. The maximum absolute atomic E-state index is 5.12. The van der Waals surface area contributed by atoms with Gasteiger partial charge in [-0.25, -0.2) is 0 Å². The van der Waals surface area contributed by atoms with Crippen LogP contribution in [0, 0.1) is 13.8 Å². The van der Waals surface area contributed by atoms with Crippen LogP contribution in [-0.2, 0) is 6.54 Å². The van der Waals surface area contributed by atoms with E-state index >= 15 is 0 Å². The highest BCUT2D eigenvalue weighted by molar-refractivity contribution is 5.40. The van der Waals surface area contributed by atoms with Crippen LogP contribution in [0.15, 0.2) is 16.9 Å². The monoisotopic (exact) mass is 234 g/mol. The highest BCUT2D eigenvalue weighted by Gasteiger charge is 2.09. The molecule has 0 bridgehead atoms. The molecule has 0 fully saturated rings. The molecular formula is C12H18N4O. The fourth-order valence-electron chi connectivity index (χ4n) is 1.66. The summed E-state index contributed by atoms with van der Waals surface area (Å²) in [4.78, 5) is 0. The number of aromatic nitrogens is 3. The van der Waals surface area contributed by atoms with Crippen molar-refractivity contribution in [2.75, 3.05) is 5.32 Å². The van der Waals surface area contributed by atoms with E-state index in [4.69, 9.17) is 4.52 Å². The first-order valence-corrected chi connectivity index (χ1v) is 5.77. The van der Waals surface area contributed by atoms with Crippen molar-refractivity contribution < 1.29 is 4.52 Å². The van der Waals surface area contributed by atoms with Gasteiger partial charge < -0.3 is 9.84 Å². The Bertz CT molecular complexity index is 479.